The number of fused-ring (bicyclic) bond motifs is 2. The van der Waals surface area contributed by atoms with Crippen LogP contribution in [0.1, 0.15) is 26.7 Å². The van der Waals surface area contributed by atoms with Crippen molar-refractivity contribution in [2.75, 3.05) is 12.4 Å². The molecule has 3 heterocycles. The molecule has 0 spiro atoms. The van der Waals surface area contributed by atoms with Gasteiger partial charge in [-0.2, -0.15) is 4.98 Å². The van der Waals surface area contributed by atoms with Crippen LogP contribution in [0.2, 0.25) is 0 Å². The smallest absolute Gasteiger partial charge is 0.244 e. The summed E-state index contributed by atoms with van der Waals surface area (Å²) >= 11 is 0. The fourth-order valence-electron chi connectivity index (χ4n) is 4.05. The number of nitrogens with zero attached hydrogens (tertiary/aromatic N) is 5. The summed E-state index contributed by atoms with van der Waals surface area (Å²) in [4.78, 5) is 13.3. The third-order valence-electron chi connectivity index (χ3n) is 5.92. The molecule has 0 bridgehead atoms. The van der Waals surface area contributed by atoms with Crippen molar-refractivity contribution < 1.29 is 9.84 Å². The van der Waals surface area contributed by atoms with Crippen LogP contribution in [-0.2, 0) is 0 Å². The zero-order valence-corrected chi connectivity index (χ0v) is 17.2. The van der Waals surface area contributed by atoms with E-state index in [0.717, 1.165) is 40.5 Å². The van der Waals surface area contributed by atoms with E-state index in [1.807, 2.05) is 44.3 Å². The molecule has 30 heavy (non-hydrogen) atoms. The molecular formula is C22H24N6O2. The fourth-order valence-corrected chi connectivity index (χ4v) is 4.05. The fraction of sp³-hybridized carbons (Fsp3) is 0.364. The van der Waals surface area contributed by atoms with Crippen molar-refractivity contribution in [2.45, 2.75) is 38.3 Å². The number of nitrogens with one attached hydrogen (secondary N) is 1. The number of aromatic nitrogens is 5. The van der Waals surface area contributed by atoms with Crippen molar-refractivity contribution in [1.29, 1.82) is 0 Å². The Morgan fingerprint density at radius 3 is 2.63 bits per heavy atom. The van der Waals surface area contributed by atoms with Crippen molar-refractivity contribution in [2.24, 2.45) is 5.92 Å². The molecule has 154 valence electrons. The summed E-state index contributed by atoms with van der Waals surface area (Å²) in [6.07, 6.45) is 7.06. The van der Waals surface area contributed by atoms with E-state index in [9.17, 15) is 5.11 Å². The first kappa shape index (κ1) is 18.7. The van der Waals surface area contributed by atoms with Crippen LogP contribution >= 0.6 is 0 Å². The predicted molar refractivity (Wildman–Crippen MR) is 115 cm³/mol. The Labute approximate surface area is 174 Å². The quantitative estimate of drug-likeness (QED) is 0.527. The van der Waals surface area contributed by atoms with Crippen molar-refractivity contribution in [3.63, 3.8) is 0 Å². The first-order chi connectivity index (χ1) is 14.4. The number of aliphatic hydroxyl groups is 1. The summed E-state index contributed by atoms with van der Waals surface area (Å²) in [5, 5.41) is 18.1. The Hall–Kier alpha value is -3.26. The van der Waals surface area contributed by atoms with Crippen molar-refractivity contribution in [3.8, 4) is 17.0 Å². The highest BCUT2D eigenvalue weighted by molar-refractivity contribution is 5.89. The van der Waals surface area contributed by atoms with E-state index in [4.69, 9.17) is 4.74 Å². The minimum atomic E-state index is -0.653. The van der Waals surface area contributed by atoms with Crippen LogP contribution in [0.4, 0.5) is 5.95 Å². The average molecular weight is 404 g/mol. The summed E-state index contributed by atoms with van der Waals surface area (Å²) in [5.41, 5.74) is 3.80. The Balaban J connectivity index is 1.47. The number of benzene rings is 1. The van der Waals surface area contributed by atoms with Gasteiger partial charge in [0.1, 0.15) is 5.52 Å². The third-order valence-corrected chi connectivity index (χ3v) is 5.92. The lowest BCUT2D eigenvalue weighted by Crippen LogP contribution is -2.46. The van der Waals surface area contributed by atoms with Crippen LogP contribution < -0.4 is 10.1 Å². The number of anilines is 1. The Kier molecular flexibility index (Phi) is 4.32. The van der Waals surface area contributed by atoms with Crippen LogP contribution in [0.25, 0.3) is 27.7 Å². The maximum Gasteiger partial charge on any atom is 0.244 e. The summed E-state index contributed by atoms with van der Waals surface area (Å²) in [6.45, 7) is 3.72. The number of methoxy groups -OCH3 is 1. The normalized spacial score (nSPS) is 19.1. The van der Waals surface area contributed by atoms with Crippen LogP contribution in [0.3, 0.4) is 0 Å². The Bertz CT molecular complexity index is 1220. The van der Waals surface area contributed by atoms with Gasteiger partial charge in [0.25, 0.3) is 0 Å². The van der Waals surface area contributed by atoms with Gasteiger partial charge in [0, 0.05) is 30.2 Å². The van der Waals surface area contributed by atoms with Gasteiger partial charge in [0.05, 0.1) is 23.7 Å². The van der Waals surface area contributed by atoms with E-state index in [1.54, 1.807) is 24.0 Å². The maximum atomic E-state index is 10.1. The van der Waals surface area contributed by atoms with E-state index in [0.29, 0.717) is 11.8 Å². The van der Waals surface area contributed by atoms with Gasteiger partial charge >= 0.3 is 0 Å². The van der Waals surface area contributed by atoms with Gasteiger partial charge in [-0.3, -0.25) is 9.97 Å². The second kappa shape index (κ2) is 6.91. The molecule has 5 rings (SSSR count). The molecule has 0 unspecified atom stereocenters. The summed E-state index contributed by atoms with van der Waals surface area (Å²) in [7, 11) is 1.61. The third kappa shape index (κ3) is 3.23. The standard InChI is InChI=1S/C22H24N6O2/c1-22(2,29)14-11-15(12-14)25-21-26-20(30-3)19-16(6-9-28(19)27-21)13-4-5-17-18(10-13)24-8-7-23-17/h4-10,14-15,29H,11-12H2,1-3H3,(H,25,27)/t14-,15-. The molecule has 8 heteroatoms. The molecule has 1 saturated carbocycles. The lowest BCUT2D eigenvalue weighted by atomic mass is 9.71. The zero-order chi connectivity index (χ0) is 20.9. The van der Waals surface area contributed by atoms with Gasteiger partial charge in [0.15, 0.2) is 0 Å². The lowest BCUT2D eigenvalue weighted by Gasteiger charge is -2.42. The van der Waals surface area contributed by atoms with Crippen LogP contribution in [0.15, 0.2) is 42.9 Å². The molecule has 0 radical (unpaired) electrons. The van der Waals surface area contributed by atoms with Gasteiger partial charge in [-0.1, -0.05) is 6.07 Å². The van der Waals surface area contributed by atoms with Crippen LogP contribution in [0, 0.1) is 5.92 Å². The van der Waals surface area contributed by atoms with Gasteiger partial charge in [-0.05, 0) is 56.4 Å². The first-order valence-corrected chi connectivity index (χ1v) is 10.1. The molecular weight excluding hydrogens is 380 g/mol. The number of hydrogen-bond acceptors (Lipinski definition) is 7. The molecule has 0 aliphatic heterocycles. The molecule has 3 aromatic heterocycles. The number of ether oxygens (including phenoxy) is 1. The molecule has 8 nitrogen and oxygen atoms in total. The Morgan fingerprint density at radius 1 is 1.13 bits per heavy atom. The molecule has 2 N–H and O–H groups in total. The van der Waals surface area contributed by atoms with Crippen LogP contribution in [-0.4, -0.2) is 48.4 Å². The largest absolute Gasteiger partial charge is 0.479 e. The molecule has 1 aliphatic carbocycles. The van der Waals surface area contributed by atoms with Gasteiger partial charge in [-0.15, -0.1) is 5.10 Å². The molecule has 0 saturated heterocycles. The predicted octanol–water partition coefficient (Wildman–Crippen LogP) is 3.31. The SMILES string of the molecule is COc1nc(N[C@H]2C[C@H](C(C)(C)O)C2)nn2ccc(-c3ccc4nccnc4c3)c12. The van der Waals surface area contributed by atoms with Gasteiger partial charge in [-0.25, -0.2) is 4.52 Å². The van der Waals surface area contributed by atoms with E-state index in [1.165, 1.54) is 0 Å². The first-order valence-electron chi connectivity index (χ1n) is 10.1. The highest BCUT2D eigenvalue weighted by Crippen LogP contribution is 2.38. The van der Waals surface area contributed by atoms with E-state index >= 15 is 0 Å². The maximum absolute atomic E-state index is 10.1. The van der Waals surface area contributed by atoms with Gasteiger partial charge in [0.2, 0.25) is 11.8 Å². The summed E-state index contributed by atoms with van der Waals surface area (Å²) < 4.78 is 7.39. The van der Waals surface area contributed by atoms with Gasteiger partial charge < -0.3 is 15.2 Å². The molecule has 0 atom stereocenters. The zero-order valence-electron chi connectivity index (χ0n) is 17.2. The Morgan fingerprint density at radius 2 is 1.90 bits per heavy atom. The molecule has 1 aliphatic rings. The molecule has 0 amide bonds. The monoisotopic (exact) mass is 404 g/mol. The number of hydrogen-bond donors (Lipinski definition) is 2. The van der Waals surface area contributed by atoms with Crippen molar-refractivity contribution >= 4 is 22.5 Å². The van der Waals surface area contributed by atoms with E-state index in [2.05, 4.69) is 25.4 Å². The average Bonchev–Trinajstić information content (AvgIpc) is 3.12. The van der Waals surface area contributed by atoms with E-state index < -0.39 is 5.60 Å². The van der Waals surface area contributed by atoms with Crippen molar-refractivity contribution in [3.05, 3.63) is 42.9 Å². The lowest BCUT2D eigenvalue weighted by molar-refractivity contribution is -0.0230. The summed E-state index contributed by atoms with van der Waals surface area (Å²) in [5.74, 6) is 1.31. The van der Waals surface area contributed by atoms with E-state index in [-0.39, 0.29) is 12.0 Å². The second-order valence-electron chi connectivity index (χ2n) is 8.39. The molecule has 1 fully saturated rings. The number of rotatable bonds is 5. The summed E-state index contributed by atoms with van der Waals surface area (Å²) in [6, 6.07) is 8.23. The molecule has 4 aromatic rings. The minimum Gasteiger partial charge on any atom is -0.479 e. The van der Waals surface area contributed by atoms with Crippen molar-refractivity contribution in [1.82, 2.24) is 24.6 Å². The molecule has 1 aromatic carbocycles. The second-order valence-corrected chi connectivity index (χ2v) is 8.39. The topological polar surface area (TPSA) is 97.5 Å². The highest BCUT2D eigenvalue weighted by Gasteiger charge is 2.39. The minimum absolute atomic E-state index is 0.248. The highest BCUT2D eigenvalue weighted by atomic mass is 16.5. The van der Waals surface area contributed by atoms with Crippen LogP contribution in [0.5, 0.6) is 5.88 Å².